The Balaban J connectivity index is 1.93. The maximum atomic E-state index is 11.8. The van der Waals surface area contributed by atoms with Gasteiger partial charge in [0.05, 0.1) is 7.11 Å². The monoisotopic (exact) mass is 334 g/mol. The minimum Gasteiger partial charge on any atom is -0.497 e. The second-order valence-corrected chi connectivity index (χ2v) is 5.09. The number of carbonyl (C=O) groups excluding carboxylic acids is 1. The Bertz CT molecular complexity index is 588. The van der Waals surface area contributed by atoms with Crippen molar-refractivity contribution in [2.75, 3.05) is 12.4 Å². The number of benzene rings is 2. The van der Waals surface area contributed by atoms with E-state index in [-0.39, 0.29) is 6.03 Å². The topological polar surface area (TPSA) is 50.4 Å². The Morgan fingerprint density at radius 2 is 1.95 bits per heavy atom. The molecule has 0 saturated heterocycles. The molecule has 2 rings (SSSR count). The minimum absolute atomic E-state index is 0.256. The zero-order valence-electron chi connectivity index (χ0n) is 11.0. The summed E-state index contributed by atoms with van der Waals surface area (Å²) < 4.78 is 5.99. The predicted molar refractivity (Wildman–Crippen MR) is 83.0 cm³/mol. The molecular formula is C15H15BrN2O2. The third-order valence-electron chi connectivity index (χ3n) is 2.66. The summed E-state index contributed by atoms with van der Waals surface area (Å²) in [7, 11) is 1.58. The summed E-state index contributed by atoms with van der Waals surface area (Å²) in [5.74, 6) is 0.678. The van der Waals surface area contributed by atoms with Crippen molar-refractivity contribution in [3.05, 3.63) is 58.6 Å². The van der Waals surface area contributed by atoms with E-state index < -0.39 is 0 Å². The summed E-state index contributed by atoms with van der Waals surface area (Å²) in [4.78, 5) is 11.8. The molecule has 5 heteroatoms. The van der Waals surface area contributed by atoms with Crippen molar-refractivity contribution in [2.45, 2.75) is 6.54 Å². The van der Waals surface area contributed by atoms with E-state index in [0.29, 0.717) is 18.0 Å². The van der Waals surface area contributed by atoms with Crippen molar-refractivity contribution >= 4 is 27.6 Å². The molecular weight excluding hydrogens is 320 g/mol. The van der Waals surface area contributed by atoms with Gasteiger partial charge in [0.15, 0.2) is 0 Å². The zero-order chi connectivity index (χ0) is 14.4. The van der Waals surface area contributed by atoms with E-state index in [1.54, 1.807) is 13.2 Å². The molecule has 0 bridgehead atoms. The fourth-order valence-electron chi connectivity index (χ4n) is 1.71. The highest BCUT2D eigenvalue weighted by Gasteiger charge is 2.04. The first kappa shape index (κ1) is 14.4. The first-order valence-electron chi connectivity index (χ1n) is 6.11. The largest absolute Gasteiger partial charge is 0.497 e. The molecule has 0 atom stereocenters. The first-order valence-corrected chi connectivity index (χ1v) is 6.90. The molecule has 0 aliphatic rings. The van der Waals surface area contributed by atoms with Gasteiger partial charge in [-0.3, -0.25) is 0 Å². The van der Waals surface area contributed by atoms with Gasteiger partial charge in [0, 0.05) is 22.8 Å². The van der Waals surface area contributed by atoms with Crippen molar-refractivity contribution in [2.24, 2.45) is 0 Å². The summed E-state index contributed by atoms with van der Waals surface area (Å²) in [5, 5.41) is 5.57. The number of rotatable bonds is 4. The number of hydrogen-bond acceptors (Lipinski definition) is 2. The van der Waals surface area contributed by atoms with Crippen LogP contribution in [0.25, 0.3) is 0 Å². The van der Waals surface area contributed by atoms with Crippen molar-refractivity contribution in [1.29, 1.82) is 0 Å². The third-order valence-corrected chi connectivity index (χ3v) is 3.12. The predicted octanol–water partition coefficient (Wildman–Crippen LogP) is 3.78. The van der Waals surface area contributed by atoms with Gasteiger partial charge in [0.1, 0.15) is 5.75 Å². The molecule has 0 unspecified atom stereocenters. The summed E-state index contributed by atoms with van der Waals surface area (Å²) in [6.45, 7) is 0.484. The van der Waals surface area contributed by atoms with Crippen LogP contribution in [0.15, 0.2) is 53.0 Å². The van der Waals surface area contributed by atoms with Gasteiger partial charge < -0.3 is 15.4 Å². The van der Waals surface area contributed by atoms with Crippen LogP contribution in [-0.2, 0) is 6.54 Å². The number of anilines is 1. The summed E-state index contributed by atoms with van der Waals surface area (Å²) in [5.41, 5.74) is 1.72. The quantitative estimate of drug-likeness (QED) is 0.893. The van der Waals surface area contributed by atoms with E-state index >= 15 is 0 Å². The van der Waals surface area contributed by atoms with E-state index in [2.05, 4.69) is 26.6 Å². The van der Waals surface area contributed by atoms with E-state index in [9.17, 15) is 4.79 Å². The van der Waals surface area contributed by atoms with Crippen LogP contribution >= 0.6 is 15.9 Å². The molecule has 104 valence electrons. The van der Waals surface area contributed by atoms with Crippen molar-refractivity contribution in [3.63, 3.8) is 0 Å². The van der Waals surface area contributed by atoms with Crippen LogP contribution in [0.2, 0.25) is 0 Å². The van der Waals surface area contributed by atoms with Crippen LogP contribution in [0.3, 0.4) is 0 Å². The van der Waals surface area contributed by atoms with Gasteiger partial charge in [-0.05, 0) is 17.7 Å². The minimum atomic E-state index is -0.256. The van der Waals surface area contributed by atoms with E-state index in [0.717, 1.165) is 10.0 Å². The van der Waals surface area contributed by atoms with Gasteiger partial charge in [-0.2, -0.15) is 0 Å². The lowest BCUT2D eigenvalue weighted by atomic mass is 10.2. The fraction of sp³-hybridized carbons (Fsp3) is 0.133. The Labute approximate surface area is 126 Å². The van der Waals surface area contributed by atoms with E-state index in [1.165, 1.54) is 0 Å². The average Bonchev–Trinajstić information content (AvgIpc) is 2.45. The molecule has 2 aromatic carbocycles. The highest BCUT2D eigenvalue weighted by molar-refractivity contribution is 9.10. The van der Waals surface area contributed by atoms with E-state index in [4.69, 9.17) is 4.74 Å². The lowest BCUT2D eigenvalue weighted by molar-refractivity contribution is 0.251. The zero-order valence-corrected chi connectivity index (χ0v) is 12.6. The highest BCUT2D eigenvalue weighted by atomic mass is 79.9. The Hall–Kier alpha value is -2.01. The molecule has 0 aliphatic carbocycles. The number of hydrogen-bond donors (Lipinski definition) is 2. The number of methoxy groups -OCH3 is 1. The molecule has 0 aliphatic heterocycles. The number of nitrogens with one attached hydrogen (secondary N) is 2. The Morgan fingerprint density at radius 1 is 1.20 bits per heavy atom. The molecule has 0 aromatic heterocycles. The summed E-state index contributed by atoms with van der Waals surface area (Å²) in [6, 6.07) is 14.9. The van der Waals surface area contributed by atoms with Crippen LogP contribution in [-0.4, -0.2) is 13.1 Å². The van der Waals surface area contributed by atoms with Gasteiger partial charge in [0.2, 0.25) is 0 Å². The molecule has 4 nitrogen and oxygen atoms in total. The number of carbonyl (C=O) groups is 1. The Kier molecular flexibility index (Phi) is 5.01. The van der Waals surface area contributed by atoms with Gasteiger partial charge in [-0.15, -0.1) is 0 Å². The van der Waals surface area contributed by atoms with Crippen LogP contribution in [0, 0.1) is 0 Å². The van der Waals surface area contributed by atoms with E-state index in [1.807, 2.05) is 42.5 Å². The molecule has 0 fully saturated rings. The SMILES string of the molecule is COc1cc(Br)cc(NC(=O)NCc2ccccc2)c1. The molecule has 0 spiro atoms. The molecule has 0 saturated carbocycles. The number of urea groups is 1. The van der Waals surface area contributed by atoms with Crippen LogP contribution in [0.4, 0.5) is 10.5 Å². The third kappa shape index (κ3) is 4.28. The Morgan fingerprint density at radius 3 is 2.65 bits per heavy atom. The molecule has 2 amide bonds. The maximum absolute atomic E-state index is 11.8. The highest BCUT2D eigenvalue weighted by Crippen LogP contribution is 2.24. The van der Waals surface area contributed by atoms with Gasteiger partial charge >= 0.3 is 6.03 Å². The normalized spacial score (nSPS) is 9.90. The second-order valence-electron chi connectivity index (χ2n) is 4.17. The van der Waals surface area contributed by atoms with Crippen LogP contribution < -0.4 is 15.4 Å². The van der Waals surface area contributed by atoms with Crippen molar-refractivity contribution < 1.29 is 9.53 Å². The van der Waals surface area contributed by atoms with Gasteiger partial charge in [-0.25, -0.2) is 4.79 Å². The van der Waals surface area contributed by atoms with Crippen LogP contribution in [0.5, 0.6) is 5.75 Å². The van der Waals surface area contributed by atoms with Crippen molar-refractivity contribution in [3.8, 4) is 5.75 Å². The molecule has 0 heterocycles. The van der Waals surface area contributed by atoms with Crippen LogP contribution in [0.1, 0.15) is 5.56 Å². The fourth-order valence-corrected chi connectivity index (χ4v) is 2.18. The standard InChI is InChI=1S/C15H15BrN2O2/c1-20-14-8-12(16)7-13(9-14)18-15(19)17-10-11-5-3-2-4-6-11/h2-9H,10H2,1H3,(H2,17,18,19). The molecule has 20 heavy (non-hydrogen) atoms. The summed E-state index contributed by atoms with van der Waals surface area (Å²) in [6.07, 6.45) is 0. The molecule has 2 N–H and O–H groups in total. The lowest BCUT2D eigenvalue weighted by Crippen LogP contribution is -2.28. The van der Waals surface area contributed by atoms with Gasteiger partial charge in [-0.1, -0.05) is 46.3 Å². The maximum Gasteiger partial charge on any atom is 0.319 e. The summed E-state index contributed by atoms with van der Waals surface area (Å²) >= 11 is 3.37. The molecule has 0 radical (unpaired) electrons. The average molecular weight is 335 g/mol. The lowest BCUT2D eigenvalue weighted by Gasteiger charge is -2.09. The number of amides is 2. The smallest absolute Gasteiger partial charge is 0.319 e. The number of ether oxygens (including phenoxy) is 1. The van der Waals surface area contributed by atoms with Gasteiger partial charge in [0.25, 0.3) is 0 Å². The molecule has 2 aromatic rings. The number of halogens is 1. The van der Waals surface area contributed by atoms with Crippen molar-refractivity contribution in [1.82, 2.24) is 5.32 Å². The first-order chi connectivity index (χ1) is 9.67. The second kappa shape index (κ2) is 6.96.